The summed E-state index contributed by atoms with van der Waals surface area (Å²) in [5, 5.41) is 4.76. The van der Waals surface area contributed by atoms with Crippen molar-refractivity contribution in [1.29, 1.82) is 0 Å². The Hall–Kier alpha value is -5.93. The Kier molecular flexibility index (Phi) is 7.31. The van der Waals surface area contributed by atoms with Gasteiger partial charge in [0, 0.05) is 0 Å². The van der Waals surface area contributed by atoms with Crippen LogP contribution in [0.25, 0.3) is 66.4 Å². The number of rotatable bonds is 6. The number of anilines is 3. The normalized spacial score (nSPS) is 11.3. The van der Waals surface area contributed by atoms with Crippen LogP contribution in [0, 0.1) is 0 Å². The molecule has 0 fully saturated rings. The number of hydrogen-bond acceptors (Lipinski definition) is 3. The summed E-state index contributed by atoms with van der Waals surface area (Å²) < 4.78 is 7.14. The van der Waals surface area contributed by atoms with Crippen LogP contribution in [0.3, 0.4) is 0 Å². The molecule has 0 amide bonds. The van der Waals surface area contributed by atoms with Crippen LogP contribution in [0.2, 0.25) is 0 Å². The molecule has 0 atom stereocenters. The summed E-state index contributed by atoms with van der Waals surface area (Å²) in [4.78, 5) is 7.24. The predicted octanol–water partition coefficient (Wildman–Crippen LogP) is 11.4. The van der Waals surface area contributed by atoms with Gasteiger partial charge in [-0.05, 0) is 5.56 Å². The first-order valence-electron chi connectivity index (χ1n) is 16.3. The molecular weight excluding hydrogens is 663 g/mol. The van der Waals surface area contributed by atoms with Crippen LogP contribution in [-0.4, -0.2) is 21.0 Å². The van der Waals surface area contributed by atoms with Crippen LogP contribution in [0.15, 0.2) is 180 Å². The fourth-order valence-electron chi connectivity index (χ4n) is 6.73. The summed E-state index contributed by atoms with van der Waals surface area (Å²) in [6.07, 6.45) is 0. The van der Waals surface area contributed by atoms with Crippen LogP contribution in [-0.2, 0) is 0 Å². The second-order valence-corrected chi connectivity index (χ2v) is 13.0. The van der Waals surface area contributed by atoms with Crippen molar-refractivity contribution >= 4 is 70.2 Å². The fraction of sp³-hybridized carbons (Fsp3) is 0. The summed E-state index contributed by atoms with van der Waals surface area (Å²) in [6.45, 7) is 0. The van der Waals surface area contributed by atoms with E-state index in [-0.39, 0.29) is 0 Å². The number of hydrogen-bond donors (Lipinski definition) is 0. The first-order chi connectivity index (χ1) is 24.2. The van der Waals surface area contributed by atoms with Crippen molar-refractivity contribution in [2.45, 2.75) is 0 Å². The van der Waals surface area contributed by atoms with Gasteiger partial charge in [0.1, 0.15) is 0 Å². The molecule has 231 valence electrons. The fourth-order valence-corrected chi connectivity index (χ4v) is 7.41. The van der Waals surface area contributed by atoms with Crippen molar-refractivity contribution in [3.63, 3.8) is 0 Å². The van der Waals surface area contributed by atoms with Gasteiger partial charge in [-0.1, -0.05) is 48.5 Å². The van der Waals surface area contributed by atoms with E-state index in [9.17, 15) is 0 Å². The van der Waals surface area contributed by atoms with Crippen LogP contribution in [0.1, 0.15) is 0 Å². The van der Waals surface area contributed by atoms with Crippen LogP contribution < -0.4 is 9.36 Å². The third-order valence-electron chi connectivity index (χ3n) is 9.17. The molecule has 9 rings (SSSR count). The van der Waals surface area contributed by atoms with E-state index < -0.39 is 0 Å². The first-order valence-corrected chi connectivity index (χ1v) is 17.2. The molecule has 0 aliphatic carbocycles. The quantitative estimate of drug-likeness (QED) is 0.163. The Balaban J connectivity index is 1.15. The Morgan fingerprint density at radius 2 is 1.06 bits per heavy atom. The predicted molar refractivity (Wildman–Crippen MR) is 205 cm³/mol. The van der Waals surface area contributed by atoms with E-state index >= 15 is 0 Å². The molecule has 3 nitrogen and oxygen atoms in total. The van der Waals surface area contributed by atoms with Crippen molar-refractivity contribution in [1.82, 2.24) is 4.98 Å². The van der Waals surface area contributed by atoms with Gasteiger partial charge in [-0.15, -0.1) is 0 Å². The zero-order chi connectivity index (χ0) is 32.7. The topological polar surface area (TPSA) is 29.3 Å². The van der Waals surface area contributed by atoms with Crippen molar-refractivity contribution in [3.05, 3.63) is 176 Å². The molecule has 4 heteroatoms. The molecule has 1 aromatic heterocycles. The van der Waals surface area contributed by atoms with Gasteiger partial charge in [0.25, 0.3) is 0 Å². The monoisotopic (exact) mass is 693 g/mol. The van der Waals surface area contributed by atoms with E-state index in [0.717, 1.165) is 54.7 Å². The number of fused-ring (bicyclic) bond motifs is 3. The molecular formula is C45H29N2OSe. The number of benzene rings is 8. The van der Waals surface area contributed by atoms with Gasteiger partial charge in [0.2, 0.25) is 0 Å². The van der Waals surface area contributed by atoms with Gasteiger partial charge in [0.05, 0.1) is 0 Å². The zero-order valence-corrected chi connectivity index (χ0v) is 28.2. The first kappa shape index (κ1) is 29.2. The van der Waals surface area contributed by atoms with E-state index in [2.05, 4.69) is 160 Å². The summed E-state index contributed by atoms with van der Waals surface area (Å²) in [5.74, 6) is 0.623. The molecule has 0 unspecified atom stereocenters. The second kappa shape index (κ2) is 12.3. The van der Waals surface area contributed by atoms with E-state index in [1.54, 1.807) is 0 Å². The van der Waals surface area contributed by atoms with Crippen molar-refractivity contribution in [3.8, 4) is 33.7 Å². The Labute approximate surface area is 292 Å². The van der Waals surface area contributed by atoms with E-state index in [4.69, 9.17) is 9.40 Å². The SMILES string of the molecule is [Se]c1c(-c2cccc3cc(N(c4ccc(-c5ccccc5)cc4)c4ccc5ccccc5c4)ccc23)ccc2oc(-c3ccccc3)nc12. The molecule has 0 saturated heterocycles. The molecule has 1 radical (unpaired) electrons. The molecule has 0 N–H and O–H groups in total. The maximum atomic E-state index is 6.16. The summed E-state index contributed by atoms with van der Waals surface area (Å²) in [5.41, 5.74) is 10.5. The third-order valence-corrected chi connectivity index (χ3v) is 10.0. The molecule has 0 saturated carbocycles. The van der Waals surface area contributed by atoms with Gasteiger partial charge in [0.15, 0.2) is 0 Å². The van der Waals surface area contributed by atoms with E-state index in [0.29, 0.717) is 5.89 Å². The summed E-state index contributed by atoms with van der Waals surface area (Å²) in [7, 11) is 0. The molecule has 0 aliphatic heterocycles. The molecule has 49 heavy (non-hydrogen) atoms. The van der Waals surface area contributed by atoms with Gasteiger partial charge < -0.3 is 0 Å². The molecule has 0 spiro atoms. The van der Waals surface area contributed by atoms with Gasteiger partial charge in [-0.3, -0.25) is 0 Å². The minimum absolute atomic E-state index is 0.623. The minimum atomic E-state index is 0.623. The van der Waals surface area contributed by atoms with E-state index in [1.165, 1.54) is 27.3 Å². The second-order valence-electron chi connectivity index (χ2n) is 12.2. The van der Waals surface area contributed by atoms with Gasteiger partial charge in [-0.25, -0.2) is 0 Å². The summed E-state index contributed by atoms with van der Waals surface area (Å²) >= 11 is 3.31. The molecule has 0 aliphatic rings. The average Bonchev–Trinajstić information content (AvgIpc) is 3.62. The van der Waals surface area contributed by atoms with Crippen LogP contribution in [0.5, 0.6) is 0 Å². The van der Waals surface area contributed by atoms with Crippen molar-refractivity contribution in [2.75, 3.05) is 4.90 Å². The number of aromatic nitrogens is 1. The zero-order valence-electron chi connectivity index (χ0n) is 26.5. The Morgan fingerprint density at radius 3 is 1.84 bits per heavy atom. The van der Waals surface area contributed by atoms with E-state index in [1.807, 2.05) is 36.4 Å². The molecule has 0 bridgehead atoms. The van der Waals surface area contributed by atoms with Gasteiger partial charge >= 0.3 is 240 Å². The molecule has 9 aromatic rings. The Bertz CT molecular complexity index is 2610. The van der Waals surface area contributed by atoms with Gasteiger partial charge in [-0.2, -0.15) is 0 Å². The third kappa shape index (κ3) is 5.38. The number of nitrogens with zero attached hydrogens (tertiary/aromatic N) is 2. The molecule has 1 heterocycles. The van der Waals surface area contributed by atoms with Crippen molar-refractivity contribution < 1.29 is 4.42 Å². The Morgan fingerprint density at radius 1 is 0.449 bits per heavy atom. The molecule has 8 aromatic carbocycles. The average molecular weight is 693 g/mol. The van der Waals surface area contributed by atoms with Crippen LogP contribution in [0.4, 0.5) is 17.1 Å². The van der Waals surface area contributed by atoms with Crippen LogP contribution >= 0.6 is 0 Å². The standard InChI is InChI=1S/C45H29N2OSe/c49-44-41(26-27-42-43(44)46-45(48-42)33-13-5-2-6-14-33)40-17-9-16-35-29-38(24-25-39(35)40)47(37-23-20-31-12-7-8-15-34(31)28-37)36-21-18-32(19-22-36)30-10-3-1-4-11-30/h1-29H. The van der Waals surface area contributed by atoms with Crippen molar-refractivity contribution in [2.24, 2.45) is 0 Å². The summed E-state index contributed by atoms with van der Waals surface area (Å²) in [6, 6.07) is 62.1. The number of oxazole rings is 1. The maximum absolute atomic E-state index is 6.16.